The summed E-state index contributed by atoms with van der Waals surface area (Å²) in [5.74, 6) is 1.32. The number of nitrogens with one attached hydrogen (secondary N) is 1. The van der Waals surface area contributed by atoms with Gasteiger partial charge in [-0.3, -0.25) is 4.90 Å². The van der Waals surface area contributed by atoms with Crippen LogP contribution in [0.5, 0.6) is 11.5 Å². The Morgan fingerprint density at radius 3 is 2.53 bits per heavy atom. The van der Waals surface area contributed by atoms with Crippen LogP contribution in [-0.4, -0.2) is 23.5 Å². The van der Waals surface area contributed by atoms with Crippen molar-refractivity contribution < 1.29 is 13.9 Å². The average Bonchev–Trinajstić information content (AvgIpc) is 3.33. The number of fused-ring (bicyclic) bond motifs is 6. The Hall–Kier alpha value is -4.09. The van der Waals surface area contributed by atoms with E-state index in [1.54, 1.807) is 19.2 Å². The molecule has 4 nitrogen and oxygen atoms in total. The summed E-state index contributed by atoms with van der Waals surface area (Å²) < 4.78 is 26.0. The zero-order valence-electron chi connectivity index (χ0n) is 21.3. The fourth-order valence-electron chi connectivity index (χ4n) is 6.31. The summed E-state index contributed by atoms with van der Waals surface area (Å²) in [6.45, 7) is 1.40. The van der Waals surface area contributed by atoms with Crippen LogP contribution in [0.3, 0.4) is 0 Å². The molecule has 2 atom stereocenters. The Morgan fingerprint density at radius 2 is 1.71 bits per heavy atom. The molecule has 0 radical (unpaired) electrons. The summed E-state index contributed by atoms with van der Waals surface area (Å²) in [6.07, 6.45) is 1.81. The van der Waals surface area contributed by atoms with Crippen LogP contribution >= 0.6 is 0 Å². The van der Waals surface area contributed by atoms with Gasteiger partial charge in [-0.05, 0) is 71.0 Å². The van der Waals surface area contributed by atoms with Gasteiger partial charge in [0, 0.05) is 29.2 Å². The van der Waals surface area contributed by atoms with Gasteiger partial charge in [-0.1, -0.05) is 60.7 Å². The molecule has 0 saturated heterocycles. The highest BCUT2D eigenvalue weighted by Crippen LogP contribution is 2.49. The number of nitrogens with zero attached hydrogens (tertiary/aromatic N) is 1. The lowest BCUT2D eigenvalue weighted by molar-refractivity contribution is 0.127. The van der Waals surface area contributed by atoms with E-state index in [2.05, 4.69) is 58.4 Å². The van der Waals surface area contributed by atoms with Gasteiger partial charge in [0.1, 0.15) is 12.4 Å². The Morgan fingerprint density at radius 1 is 0.921 bits per heavy atom. The van der Waals surface area contributed by atoms with E-state index in [0.29, 0.717) is 6.61 Å². The third kappa shape index (κ3) is 3.86. The molecule has 5 heteroatoms. The van der Waals surface area contributed by atoms with Gasteiger partial charge >= 0.3 is 0 Å². The number of ether oxygens (including phenoxy) is 2. The molecule has 2 aliphatic rings. The molecule has 5 aromatic rings. The van der Waals surface area contributed by atoms with E-state index in [-0.39, 0.29) is 17.9 Å². The average molecular weight is 505 g/mol. The smallest absolute Gasteiger partial charge is 0.161 e. The van der Waals surface area contributed by atoms with Gasteiger partial charge in [-0.25, -0.2) is 4.39 Å². The lowest BCUT2D eigenvalue weighted by atomic mass is 9.80. The van der Waals surface area contributed by atoms with Gasteiger partial charge in [0.25, 0.3) is 0 Å². The first-order chi connectivity index (χ1) is 18.7. The van der Waals surface area contributed by atoms with E-state index >= 15 is 0 Å². The molecule has 1 N–H and O–H groups in total. The van der Waals surface area contributed by atoms with Gasteiger partial charge in [0.15, 0.2) is 11.5 Å². The van der Waals surface area contributed by atoms with Crippen LogP contribution in [-0.2, 0) is 19.4 Å². The molecule has 0 saturated carbocycles. The summed E-state index contributed by atoms with van der Waals surface area (Å²) >= 11 is 0. The molecule has 38 heavy (non-hydrogen) atoms. The predicted octanol–water partition coefficient (Wildman–Crippen LogP) is 7.14. The molecule has 2 aliphatic heterocycles. The van der Waals surface area contributed by atoms with Crippen molar-refractivity contribution in [3.63, 3.8) is 0 Å². The summed E-state index contributed by atoms with van der Waals surface area (Å²) in [5.41, 5.74) is 8.51. The van der Waals surface area contributed by atoms with Gasteiger partial charge in [-0.15, -0.1) is 0 Å². The van der Waals surface area contributed by atoms with E-state index in [1.165, 1.54) is 27.8 Å². The summed E-state index contributed by atoms with van der Waals surface area (Å²) in [7, 11) is 1.71. The molecule has 2 unspecified atom stereocenters. The lowest BCUT2D eigenvalue weighted by Gasteiger charge is -2.46. The van der Waals surface area contributed by atoms with Crippen molar-refractivity contribution in [1.82, 2.24) is 9.88 Å². The maximum Gasteiger partial charge on any atom is 0.161 e. The van der Waals surface area contributed by atoms with Gasteiger partial charge in [0.05, 0.1) is 13.2 Å². The van der Waals surface area contributed by atoms with Crippen LogP contribution in [0.2, 0.25) is 0 Å². The van der Waals surface area contributed by atoms with Crippen LogP contribution in [0.25, 0.3) is 10.9 Å². The largest absolute Gasteiger partial charge is 0.493 e. The molecule has 4 aromatic carbocycles. The van der Waals surface area contributed by atoms with Gasteiger partial charge in [0.2, 0.25) is 0 Å². The van der Waals surface area contributed by atoms with Gasteiger partial charge in [-0.2, -0.15) is 0 Å². The zero-order valence-corrected chi connectivity index (χ0v) is 21.3. The number of para-hydroxylation sites is 1. The van der Waals surface area contributed by atoms with Gasteiger partial charge < -0.3 is 14.5 Å². The second-order valence-electron chi connectivity index (χ2n) is 10.2. The van der Waals surface area contributed by atoms with E-state index in [0.717, 1.165) is 47.5 Å². The lowest BCUT2D eigenvalue weighted by Crippen LogP contribution is -2.43. The number of aromatic nitrogens is 1. The van der Waals surface area contributed by atoms with Crippen LogP contribution in [0, 0.1) is 5.82 Å². The fourth-order valence-corrected chi connectivity index (χ4v) is 6.31. The number of benzene rings is 4. The van der Waals surface area contributed by atoms with E-state index in [9.17, 15) is 4.39 Å². The summed E-state index contributed by atoms with van der Waals surface area (Å²) in [4.78, 5) is 6.29. The number of hydrogen-bond acceptors (Lipinski definition) is 3. The molecule has 0 bridgehead atoms. The Balaban J connectivity index is 1.31. The third-order valence-electron chi connectivity index (χ3n) is 8.10. The van der Waals surface area contributed by atoms with Crippen molar-refractivity contribution in [3.05, 3.63) is 130 Å². The van der Waals surface area contributed by atoms with Crippen molar-refractivity contribution in [2.75, 3.05) is 13.7 Å². The highest BCUT2D eigenvalue weighted by Gasteiger charge is 2.41. The summed E-state index contributed by atoms with van der Waals surface area (Å²) in [6, 6.07) is 30.2. The maximum absolute atomic E-state index is 13.9. The molecule has 0 amide bonds. The minimum Gasteiger partial charge on any atom is -0.493 e. The molecule has 0 fully saturated rings. The maximum atomic E-state index is 13.9. The molecule has 3 heterocycles. The van der Waals surface area contributed by atoms with Crippen molar-refractivity contribution in [2.45, 2.75) is 31.5 Å². The number of hydrogen-bond donors (Lipinski definition) is 1. The first kappa shape index (κ1) is 23.1. The Bertz CT molecular complexity index is 1610. The standard InChI is InChI=1S/C33H29FN2O2/c1-37-30-19-26-23(17-31(30)38-20-21-7-3-2-4-8-21)15-16-36-29(26)18-27-25-9-5-6-10-28(25)35-32(27)33(36)22-11-13-24(34)14-12-22/h2-14,17,19,29,33,35H,15-16,18,20H2,1H3. The first-order valence-electron chi connectivity index (χ1n) is 13.2. The Labute approximate surface area is 221 Å². The topological polar surface area (TPSA) is 37.5 Å². The van der Waals surface area contributed by atoms with Crippen molar-refractivity contribution >= 4 is 10.9 Å². The molecule has 7 rings (SSSR count). The number of methoxy groups -OCH3 is 1. The van der Waals surface area contributed by atoms with E-state index < -0.39 is 0 Å². The van der Waals surface area contributed by atoms with Crippen LogP contribution in [0.4, 0.5) is 4.39 Å². The molecule has 190 valence electrons. The van der Waals surface area contributed by atoms with E-state index in [1.807, 2.05) is 30.3 Å². The number of halogens is 1. The second-order valence-corrected chi connectivity index (χ2v) is 10.2. The quantitative estimate of drug-likeness (QED) is 0.276. The van der Waals surface area contributed by atoms with E-state index in [4.69, 9.17) is 9.47 Å². The third-order valence-corrected chi connectivity index (χ3v) is 8.10. The molecule has 0 aliphatic carbocycles. The second kappa shape index (κ2) is 9.34. The van der Waals surface area contributed by atoms with Crippen LogP contribution in [0.1, 0.15) is 45.6 Å². The predicted molar refractivity (Wildman–Crippen MR) is 147 cm³/mol. The van der Waals surface area contributed by atoms with Crippen LogP contribution < -0.4 is 9.47 Å². The molecule has 1 aromatic heterocycles. The molecule has 0 spiro atoms. The number of rotatable bonds is 5. The van der Waals surface area contributed by atoms with Crippen LogP contribution in [0.15, 0.2) is 91.0 Å². The summed E-state index contributed by atoms with van der Waals surface area (Å²) in [5, 5.41) is 1.26. The highest BCUT2D eigenvalue weighted by atomic mass is 19.1. The zero-order chi connectivity index (χ0) is 25.6. The fraction of sp³-hybridized carbons (Fsp3) is 0.212. The molecular formula is C33H29FN2O2. The number of aromatic amines is 1. The minimum absolute atomic E-state index is 0.0184. The first-order valence-corrected chi connectivity index (χ1v) is 13.2. The van der Waals surface area contributed by atoms with Crippen molar-refractivity contribution in [2.24, 2.45) is 0 Å². The van der Waals surface area contributed by atoms with Crippen molar-refractivity contribution in [3.8, 4) is 11.5 Å². The monoisotopic (exact) mass is 504 g/mol. The normalized spacial score (nSPS) is 18.5. The Kier molecular flexibility index (Phi) is 5.67. The SMILES string of the molecule is COc1cc2c(cc1OCc1ccccc1)CCN1C2Cc2c([nH]c3ccccc23)C1c1ccc(F)cc1. The minimum atomic E-state index is -0.213. The molecular weight excluding hydrogens is 475 g/mol. The number of H-pyrrole nitrogens is 1. The van der Waals surface area contributed by atoms with Crippen molar-refractivity contribution in [1.29, 1.82) is 0 Å². The highest BCUT2D eigenvalue weighted by molar-refractivity contribution is 5.85.